The maximum atomic E-state index is 13.7. The number of benzene rings is 1. The van der Waals surface area contributed by atoms with Crippen LogP contribution in [-0.2, 0) is 6.54 Å². The molecule has 1 aromatic carbocycles. The molecular formula is C35H40N8O3. The van der Waals surface area contributed by atoms with Gasteiger partial charge in [-0.3, -0.25) is 19.0 Å². The Labute approximate surface area is 267 Å². The van der Waals surface area contributed by atoms with Gasteiger partial charge in [-0.2, -0.15) is 0 Å². The van der Waals surface area contributed by atoms with E-state index in [9.17, 15) is 9.59 Å². The lowest BCUT2D eigenvalue weighted by Crippen LogP contribution is -2.55. The molecule has 11 nitrogen and oxygen atoms in total. The number of hydrogen-bond acceptors (Lipinski definition) is 7. The summed E-state index contributed by atoms with van der Waals surface area (Å²) in [6.45, 7) is 5.99. The van der Waals surface area contributed by atoms with Crippen molar-refractivity contribution in [3.05, 3.63) is 83.2 Å². The van der Waals surface area contributed by atoms with Crippen LogP contribution >= 0.6 is 0 Å². The predicted octanol–water partition coefficient (Wildman–Crippen LogP) is 4.59. The maximum Gasteiger partial charge on any atom is 0.268 e. The zero-order valence-corrected chi connectivity index (χ0v) is 26.7. The molecule has 2 fully saturated rings. The van der Waals surface area contributed by atoms with E-state index in [1.807, 2.05) is 60.6 Å². The Morgan fingerprint density at radius 1 is 1.04 bits per heavy atom. The Kier molecular flexibility index (Phi) is 7.74. The van der Waals surface area contributed by atoms with E-state index in [2.05, 4.69) is 22.0 Å². The van der Waals surface area contributed by atoms with Gasteiger partial charge in [0.25, 0.3) is 11.8 Å². The predicted molar refractivity (Wildman–Crippen MR) is 177 cm³/mol. The molecule has 1 aliphatic heterocycles. The molecular weight excluding hydrogens is 580 g/mol. The van der Waals surface area contributed by atoms with Crippen molar-refractivity contribution in [1.82, 2.24) is 34.3 Å². The minimum absolute atomic E-state index is 0.0586. The van der Waals surface area contributed by atoms with Gasteiger partial charge in [-0.1, -0.05) is 18.2 Å². The lowest BCUT2D eigenvalue weighted by Gasteiger charge is -2.38. The molecule has 2 amide bonds. The fourth-order valence-electron chi connectivity index (χ4n) is 6.37. The van der Waals surface area contributed by atoms with E-state index in [1.165, 1.54) is 12.8 Å². The first kappa shape index (κ1) is 29.9. The Morgan fingerprint density at radius 3 is 2.57 bits per heavy atom. The van der Waals surface area contributed by atoms with Gasteiger partial charge < -0.3 is 20.4 Å². The quantitative estimate of drug-likeness (QED) is 0.260. The Hall–Kier alpha value is -4.74. The highest BCUT2D eigenvalue weighted by atomic mass is 16.5. The van der Waals surface area contributed by atoms with Crippen molar-refractivity contribution < 1.29 is 14.3 Å². The van der Waals surface area contributed by atoms with E-state index < -0.39 is 0 Å². The van der Waals surface area contributed by atoms with E-state index in [4.69, 9.17) is 20.4 Å². The van der Waals surface area contributed by atoms with Crippen LogP contribution in [0, 0.1) is 12.8 Å². The molecule has 2 atom stereocenters. The van der Waals surface area contributed by atoms with Crippen LogP contribution in [0.2, 0.25) is 0 Å². The molecule has 7 rings (SSSR count). The largest absolute Gasteiger partial charge is 0.482 e. The summed E-state index contributed by atoms with van der Waals surface area (Å²) in [5.74, 6) is 0.855. The summed E-state index contributed by atoms with van der Waals surface area (Å²) >= 11 is 0. The Bertz CT molecular complexity index is 1940. The number of methoxy groups -OCH3 is 1. The number of aryl methyl sites for hydroxylation is 1. The molecule has 1 saturated carbocycles. The number of rotatable bonds is 8. The minimum atomic E-state index is -0.282. The van der Waals surface area contributed by atoms with Crippen molar-refractivity contribution in [1.29, 1.82) is 0 Å². The van der Waals surface area contributed by atoms with E-state index >= 15 is 0 Å². The van der Waals surface area contributed by atoms with E-state index in [1.54, 1.807) is 30.3 Å². The van der Waals surface area contributed by atoms with Crippen LogP contribution in [0.5, 0.6) is 5.88 Å². The summed E-state index contributed by atoms with van der Waals surface area (Å²) in [4.78, 5) is 36.7. The first-order valence-corrected chi connectivity index (χ1v) is 15.9. The van der Waals surface area contributed by atoms with E-state index in [0.29, 0.717) is 35.1 Å². The van der Waals surface area contributed by atoms with Crippen LogP contribution in [0.25, 0.3) is 28.1 Å². The van der Waals surface area contributed by atoms with Crippen LogP contribution in [0.3, 0.4) is 0 Å². The third-order valence-corrected chi connectivity index (χ3v) is 9.22. The number of nitrogens with one attached hydrogen (secondary N) is 1. The van der Waals surface area contributed by atoms with Gasteiger partial charge in [-0.15, -0.1) is 0 Å². The molecule has 4 aromatic heterocycles. The molecule has 1 saturated heterocycles. The van der Waals surface area contributed by atoms with Gasteiger partial charge in [0, 0.05) is 48.8 Å². The SMILES string of the molecule is COc1cc(C(=O)N2C[C@H](N)CCN2C)cc2nc(-c3cc4ccc([C@@H](C)NC(=O)c5ccccc5)nc4n3CC3CC3)c(C)n12. The number of pyridine rings is 2. The second kappa shape index (κ2) is 11.9. The second-order valence-corrected chi connectivity index (χ2v) is 12.6. The molecule has 1 aliphatic carbocycles. The van der Waals surface area contributed by atoms with Crippen molar-refractivity contribution in [2.24, 2.45) is 11.7 Å². The first-order chi connectivity index (χ1) is 22.2. The Morgan fingerprint density at radius 2 is 1.83 bits per heavy atom. The molecule has 5 aromatic rings. The third kappa shape index (κ3) is 5.50. The van der Waals surface area contributed by atoms with Gasteiger partial charge >= 0.3 is 0 Å². The highest BCUT2D eigenvalue weighted by Gasteiger charge is 2.30. The molecule has 2 aliphatic rings. The van der Waals surface area contributed by atoms with Crippen LogP contribution in [-0.4, -0.2) is 74.1 Å². The molecule has 11 heteroatoms. The number of carbonyl (C=O) groups is 2. The number of carbonyl (C=O) groups excluding carboxylic acids is 2. The van der Waals surface area contributed by atoms with Gasteiger partial charge in [-0.05, 0) is 75.4 Å². The van der Waals surface area contributed by atoms with Gasteiger partial charge in [0.15, 0.2) is 5.88 Å². The summed E-state index contributed by atoms with van der Waals surface area (Å²) in [6.07, 6.45) is 3.21. The molecule has 0 spiro atoms. The molecule has 0 unspecified atom stereocenters. The monoisotopic (exact) mass is 620 g/mol. The van der Waals surface area contributed by atoms with Gasteiger partial charge in [-0.25, -0.2) is 15.0 Å². The van der Waals surface area contributed by atoms with Crippen LogP contribution in [0.15, 0.2) is 60.7 Å². The number of nitrogens with zero attached hydrogens (tertiary/aromatic N) is 6. The number of fused-ring (bicyclic) bond motifs is 2. The molecule has 238 valence electrons. The smallest absolute Gasteiger partial charge is 0.268 e. The van der Waals surface area contributed by atoms with E-state index in [0.717, 1.165) is 53.3 Å². The number of hydrazine groups is 1. The van der Waals surface area contributed by atoms with Crippen molar-refractivity contribution >= 4 is 28.5 Å². The van der Waals surface area contributed by atoms with Crippen LogP contribution in [0.1, 0.15) is 64.3 Å². The van der Waals surface area contributed by atoms with Gasteiger partial charge in [0.05, 0.1) is 36.8 Å². The summed E-state index contributed by atoms with van der Waals surface area (Å²) in [5, 5.41) is 7.73. The highest BCUT2D eigenvalue weighted by molar-refractivity contribution is 5.96. The molecule has 5 heterocycles. The fourth-order valence-corrected chi connectivity index (χ4v) is 6.37. The molecule has 3 N–H and O–H groups in total. The van der Waals surface area contributed by atoms with E-state index in [-0.39, 0.29) is 23.9 Å². The fraction of sp³-hybridized carbons (Fsp3) is 0.371. The lowest BCUT2D eigenvalue weighted by molar-refractivity contribution is -0.0168. The topological polar surface area (TPSA) is 123 Å². The summed E-state index contributed by atoms with van der Waals surface area (Å²) in [6, 6.07) is 18.7. The highest BCUT2D eigenvalue weighted by Crippen LogP contribution is 2.37. The van der Waals surface area contributed by atoms with Gasteiger partial charge in [0.2, 0.25) is 0 Å². The normalized spacial score (nSPS) is 17.8. The maximum absolute atomic E-state index is 13.7. The number of aromatic nitrogens is 4. The van der Waals surface area contributed by atoms with Crippen molar-refractivity contribution in [2.45, 2.75) is 51.7 Å². The number of amides is 2. The zero-order valence-electron chi connectivity index (χ0n) is 26.7. The minimum Gasteiger partial charge on any atom is -0.482 e. The average Bonchev–Trinajstić information content (AvgIpc) is 3.74. The third-order valence-electron chi connectivity index (χ3n) is 9.22. The van der Waals surface area contributed by atoms with Crippen LogP contribution < -0.4 is 15.8 Å². The summed E-state index contributed by atoms with van der Waals surface area (Å²) in [5.41, 5.74) is 12.3. The summed E-state index contributed by atoms with van der Waals surface area (Å²) in [7, 11) is 3.52. The molecule has 0 bridgehead atoms. The number of nitrogens with two attached hydrogens (primary N) is 1. The first-order valence-electron chi connectivity index (χ1n) is 15.9. The number of imidazole rings is 1. The Balaban J connectivity index is 1.27. The summed E-state index contributed by atoms with van der Waals surface area (Å²) < 4.78 is 10.0. The molecule has 0 radical (unpaired) electrons. The number of ether oxygens (including phenoxy) is 1. The lowest BCUT2D eigenvalue weighted by atomic mass is 10.1. The zero-order chi connectivity index (χ0) is 32.1. The van der Waals surface area contributed by atoms with Crippen LogP contribution in [0.4, 0.5) is 0 Å². The van der Waals surface area contributed by atoms with Crippen molar-refractivity contribution in [3.63, 3.8) is 0 Å². The standard InChI is InChI=1S/C35H40N8O3/c1-21(37-34(44)24-8-6-5-7-9-24)28-13-12-25-16-29(41(33(25)38-28)19-23-10-11-23)32-22(2)43-30(39-32)17-26(18-31(43)46-4)35(45)42-20-27(36)14-15-40(42)3/h5-9,12-13,16-18,21,23,27H,10-11,14-15,19-20,36H2,1-4H3,(H,37,44)/t21-,27-/m1/s1. The van der Waals surface area contributed by atoms with Crippen molar-refractivity contribution in [3.8, 4) is 17.3 Å². The second-order valence-electron chi connectivity index (χ2n) is 12.6. The molecule has 46 heavy (non-hydrogen) atoms. The van der Waals surface area contributed by atoms with Gasteiger partial charge in [0.1, 0.15) is 17.0 Å². The number of hydrogen-bond donors (Lipinski definition) is 2. The average molecular weight is 621 g/mol. The van der Waals surface area contributed by atoms with Crippen molar-refractivity contribution in [2.75, 3.05) is 27.2 Å².